The number of nitrogens with zero attached hydrogens (tertiary/aromatic N) is 1. The molecule has 1 aromatic rings. The first-order valence-corrected chi connectivity index (χ1v) is 5.17. The summed E-state index contributed by atoms with van der Waals surface area (Å²) in [7, 11) is 0.849. The molecule has 0 aliphatic carbocycles. The molecule has 0 radical (unpaired) electrons. The standard InChI is InChI=1S/C6H10NPS/c1-4-6(8-3)7-5(2)9-4/h8H,1-3H3. The van der Waals surface area contributed by atoms with E-state index >= 15 is 0 Å². The molecule has 1 heterocycles. The first-order valence-electron chi connectivity index (χ1n) is 2.86. The maximum Gasteiger partial charge on any atom is 0.0904 e. The molecule has 0 N–H and O–H groups in total. The summed E-state index contributed by atoms with van der Waals surface area (Å²) in [5, 5.41) is 1.19. The Morgan fingerprint density at radius 2 is 2.11 bits per heavy atom. The van der Waals surface area contributed by atoms with Gasteiger partial charge in [-0.15, -0.1) is 11.3 Å². The van der Waals surface area contributed by atoms with Gasteiger partial charge in [-0.3, -0.25) is 0 Å². The number of aryl methyl sites for hydroxylation is 2. The maximum atomic E-state index is 4.36. The topological polar surface area (TPSA) is 12.9 Å². The molecule has 3 heteroatoms. The van der Waals surface area contributed by atoms with E-state index in [1.165, 1.54) is 15.3 Å². The number of aromatic nitrogens is 1. The molecule has 0 spiro atoms. The van der Waals surface area contributed by atoms with Crippen molar-refractivity contribution in [2.24, 2.45) is 0 Å². The van der Waals surface area contributed by atoms with E-state index in [2.05, 4.69) is 25.5 Å². The van der Waals surface area contributed by atoms with Gasteiger partial charge in [0.15, 0.2) is 0 Å². The molecule has 0 saturated carbocycles. The van der Waals surface area contributed by atoms with Gasteiger partial charge in [-0.2, -0.15) is 0 Å². The molecule has 0 aliphatic heterocycles. The van der Waals surface area contributed by atoms with Crippen LogP contribution in [-0.2, 0) is 0 Å². The minimum absolute atomic E-state index is 0.849. The first kappa shape index (κ1) is 7.17. The summed E-state index contributed by atoms with van der Waals surface area (Å²) in [6.07, 6.45) is 0. The Morgan fingerprint density at radius 1 is 1.44 bits per heavy atom. The van der Waals surface area contributed by atoms with Crippen molar-refractivity contribution in [1.29, 1.82) is 0 Å². The molecule has 1 aromatic heterocycles. The van der Waals surface area contributed by atoms with E-state index < -0.39 is 0 Å². The van der Waals surface area contributed by atoms with Gasteiger partial charge in [-0.25, -0.2) is 4.98 Å². The Bertz CT molecular complexity index is 207. The number of hydrogen-bond donors (Lipinski definition) is 0. The van der Waals surface area contributed by atoms with Crippen molar-refractivity contribution < 1.29 is 0 Å². The Kier molecular flexibility index (Phi) is 2.20. The summed E-state index contributed by atoms with van der Waals surface area (Å²) in [5.41, 5.74) is 1.29. The van der Waals surface area contributed by atoms with E-state index in [1.807, 2.05) is 0 Å². The highest BCUT2D eigenvalue weighted by atomic mass is 32.1. The van der Waals surface area contributed by atoms with Crippen LogP contribution in [0.3, 0.4) is 0 Å². The first-order chi connectivity index (χ1) is 4.24. The van der Waals surface area contributed by atoms with Crippen LogP contribution in [0, 0.1) is 13.8 Å². The molecule has 0 saturated heterocycles. The largest absolute Gasteiger partial charge is 0.242 e. The molecule has 1 unspecified atom stereocenters. The molecule has 1 atom stereocenters. The quantitative estimate of drug-likeness (QED) is 0.568. The summed E-state index contributed by atoms with van der Waals surface area (Å²) in [6, 6.07) is 0. The van der Waals surface area contributed by atoms with Crippen LogP contribution in [-0.4, -0.2) is 11.6 Å². The fourth-order valence-corrected chi connectivity index (χ4v) is 2.66. The summed E-state index contributed by atoms with van der Waals surface area (Å²) in [6.45, 7) is 6.36. The predicted octanol–water partition coefficient (Wildman–Crippen LogP) is 1.69. The van der Waals surface area contributed by atoms with Crippen LogP contribution in [0.5, 0.6) is 0 Å². The summed E-state index contributed by atoms with van der Waals surface area (Å²) < 4.78 is 0. The van der Waals surface area contributed by atoms with Crippen LogP contribution in [0.4, 0.5) is 0 Å². The van der Waals surface area contributed by atoms with Gasteiger partial charge in [0, 0.05) is 4.88 Å². The van der Waals surface area contributed by atoms with Crippen molar-refractivity contribution in [2.75, 3.05) is 6.66 Å². The molecule has 1 nitrogen and oxygen atoms in total. The molecular weight excluding hydrogens is 149 g/mol. The molecular formula is C6H10NPS. The predicted molar refractivity (Wildman–Crippen MR) is 45.5 cm³/mol. The van der Waals surface area contributed by atoms with Crippen LogP contribution in [0.1, 0.15) is 9.88 Å². The third-order valence-corrected chi connectivity index (χ3v) is 3.17. The highest BCUT2D eigenvalue weighted by Crippen LogP contribution is 2.14. The van der Waals surface area contributed by atoms with E-state index in [0.717, 1.165) is 8.58 Å². The smallest absolute Gasteiger partial charge is 0.0904 e. The Hall–Kier alpha value is 0.0600. The second kappa shape index (κ2) is 2.76. The minimum Gasteiger partial charge on any atom is -0.242 e. The fraction of sp³-hybridized carbons (Fsp3) is 0.500. The Balaban J connectivity index is 3.01. The lowest BCUT2D eigenvalue weighted by molar-refractivity contribution is 1.33. The number of thiazole rings is 1. The molecule has 0 fully saturated rings. The van der Waals surface area contributed by atoms with Gasteiger partial charge in [0.1, 0.15) is 0 Å². The van der Waals surface area contributed by atoms with Crippen LogP contribution in [0.15, 0.2) is 0 Å². The maximum absolute atomic E-state index is 4.36. The lowest BCUT2D eigenvalue weighted by Crippen LogP contribution is -1.96. The monoisotopic (exact) mass is 159 g/mol. The summed E-state index contributed by atoms with van der Waals surface area (Å²) in [4.78, 5) is 5.74. The molecule has 0 aromatic carbocycles. The molecule has 0 bridgehead atoms. The van der Waals surface area contributed by atoms with Crippen LogP contribution in [0.2, 0.25) is 0 Å². The van der Waals surface area contributed by atoms with Crippen molar-refractivity contribution in [1.82, 2.24) is 4.98 Å². The lowest BCUT2D eigenvalue weighted by atomic mass is 10.6. The van der Waals surface area contributed by atoms with Crippen molar-refractivity contribution in [2.45, 2.75) is 13.8 Å². The fourth-order valence-electron chi connectivity index (χ4n) is 0.761. The van der Waals surface area contributed by atoms with Gasteiger partial charge in [0.25, 0.3) is 0 Å². The molecule has 0 amide bonds. The van der Waals surface area contributed by atoms with Gasteiger partial charge >= 0.3 is 0 Å². The lowest BCUT2D eigenvalue weighted by Gasteiger charge is -1.86. The van der Waals surface area contributed by atoms with Gasteiger partial charge < -0.3 is 0 Å². The third kappa shape index (κ3) is 1.50. The van der Waals surface area contributed by atoms with Gasteiger partial charge in [-0.05, 0) is 20.5 Å². The zero-order valence-corrected chi connectivity index (χ0v) is 7.67. The second-order valence-electron chi connectivity index (χ2n) is 1.89. The normalized spacial score (nSPS) is 11.4. The molecule has 1 rings (SSSR count). The highest BCUT2D eigenvalue weighted by Gasteiger charge is 1.99. The van der Waals surface area contributed by atoms with E-state index in [4.69, 9.17) is 0 Å². The van der Waals surface area contributed by atoms with E-state index in [0.29, 0.717) is 0 Å². The van der Waals surface area contributed by atoms with Crippen LogP contribution < -0.4 is 5.44 Å². The second-order valence-corrected chi connectivity index (χ2v) is 4.27. The SMILES string of the molecule is CPc1nc(C)sc1C. The third-order valence-electron chi connectivity index (χ3n) is 1.14. The van der Waals surface area contributed by atoms with Crippen molar-refractivity contribution in [3.05, 3.63) is 9.88 Å². The van der Waals surface area contributed by atoms with E-state index in [9.17, 15) is 0 Å². The average Bonchev–Trinajstić information content (AvgIpc) is 2.10. The average molecular weight is 159 g/mol. The number of rotatable bonds is 1. The summed E-state index contributed by atoms with van der Waals surface area (Å²) >= 11 is 1.79. The molecule has 9 heavy (non-hydrogen) atoms. The summed E-state index contributed by atoms with van der Waals surface area (Å²) in [5.74, 6) is 0. The van der Waals surface area contributed by atoms with Crippen molar-refractivity contribution >= 4 is 25.4 Å². The van der Waals surface area contributed by atoms with E-state index in [-0.39, 0.29) is 0 Å². The Morgan fingerprint density at radius 3 is 2.33 bits per heavy atom. The van der Waals surface area contributed by atoms with Crippen molar-refractivity contribution in [3.63, 3.8) is 0 Å². The molecule has 0 aliphatic rings. The van der Waals surface area contributed by atoms with Gasteiger partial charge in [0.05, 0.1) is 10.4 Å². The van der Waals surface area contributed by atoms with E-state index in [1.54, 1.807) is 11.3 Å². The Labute approximate surface area is 61.3 Å². The van der Waals surface area contributed by atoms with Crippen LogP contribution in [0.25, 0.3) is 0 Å². The van der Waals surface area contributed by atoms with Crippen LogP contribution >= 0.6 is 19.9 Å². The highest BCUT2D eigenvalue weighted by molar-refractivity contribution is 7.47. The van der Waals surface area contributed by atoms with Gasteiger partial charge in [-0.1, -0.05) is 8.58 Å². The minimum atomic E-state index is 0.849. The molecule has 50 valence electrons. The zero-order valence-electron chi connectivity index (χ0n) is 5.86. The van der Waals surface area contributed by atoms with Gasteiger partial charge in [0.2, 0.25) is 0 Å². The van der Waals surface area contributed by atoms with Crippen molar-refractivity contribution in [3.8, 4) is 0 Å². The zero-order chi connectivity index (χ0) is 6.85. The number of hydrogen-bond acceptors (Lipinski definition) is 2.